The number of hydrogen-bond donors (Lipinski definition) is 1. The topological polar surface area (TPSA) is 47.0 Å². The van der Waals surface area contributed by atoms with Crippen LogP contribution in [0.2, 0.25) is 0 Å². The molecule has 1 aromatic heterocycles. The largest absolute Gasteiger partial charge is 0.497 e. The molecule has 0 aliphatic heterocycles. The van der Waals surface area contributed by atoms with Crippen LogP contribution in [0.3, 0.4) is 0 Å². The van der Waals surface area contributed by atoms with E-state index in [4.69, 9.17) is 4.74 Å². The van der Waals surface area contributed by atoms with Crippen molar-refractivity contribution in [2.75, 3.05) is 19.0 Å². The number of methoxy groups -OCH3 is 1. The molecule has 0 amide bonds. The molecule has 0 radical (unpaired) electrons. The molecule has 4 nitrogen and oxygen atoms in total. The van der Waals surface area contributed by atoms with Gasteiger partial charge in [0.15, 0.2) is 0 Å². The van der Waals surface area contributed by atoms with Gasteiger partial charge in [-0.2, -0.15) is 0 Å². The van der Waals surface area contributed by atoms with Gasteiger partial charge in [-0.3, -0.25) is 0 Å². The summed E-state index contributed by atoms with van der Waals surface area (Å²) in [7, 11) is 1.69. The van der Waals surface area contributed by atoms with Gasteiger partial charge in [-0.05, 0) is 37.0 Å². The second kappa shape index (κ2) is 5.90. The highest BCUT2D eigenvalue weighted by molar-refractivity contribution is 5.37. The second-order valence-electron chi connectivity index (χ2n) is 5.13. The molecule has 1 heterocycles. The van der Waals surface area contributed by atoms with Crippen LogP contribution in [0.25, 0.3) is 0 Å². The van der Waals surface area contributed by atoms with E-state index >= 15 is 0 Å². The predicted molar refractivity (Wildman–Crippen MR) is 79.2 cm³/mol. The van der Waals surface area contributed by atoms with Crippen molar-refractivity contribution >= 4 is 5.82 Å². The zero-order chi connectivity index (χ0) is 13.8. The lowest BCUT2D eigenvalue weighted by Crippen LogP contribution is -2.07. The monoisotopic (exact) mass is 269 g/mol. The van der Waals surface area contributed by atoms with E-state index in [1.54, 1.807) is 13.4 Å². The van der Waals surface area contributed by atoms with Crippen molar-refractivity contribution in [2.45, 2.75) is 25.2 Å². The number of nitrogens with one attached hydrogen (secondary N) is 1. The van der Waals surface area contributed by atoms with Crippen LogP contribution in [0.15, 0.2) is 36.7 Å². The molecule has 0 bridgehead atoms. The van der Waals surface area contributed by atoms with Gasteiger partial charge >= 0.3 is 0 Å². The van der Waals surface area contributed by atoms with E-state index < -0.39 is 0 Å². The van der Waals surface area contributed by atoms with Crippen molar-refractivity contribution in [3.05, 3.63) is 47.9 Å². The highest BCUT2D eigenvalue weighted by Gasteiger charge is 2.25. The van der Waals surface area contributed by atoms with Crippen LogP contribution in [-0.4, -0.2) is 23.6 Å². The average molecular weight is 269 g/mol. The maximum Gasteiger partial charge on any atom is 0.129 e. The Kier molecular flexibility index (Phi) is 3.81. The average Bonchev–Trinajstić information content (AvgIpc) is 3.33. The molecular weight excluding hydrogens is 250 g/mol. The molecule has 3 rings (SSSR count). The van der Waals surface area contributed by atoms with Gasteiger partial charge in [0.2, 0.25) is 0 Å². The molecule has 1 N–H and O–H groups in total. The summed E-state index contributed by atoms with van der Waals surface area (Å²) in [5, 5.41) is 3.36. The smallest absolute Gasteiger partial charge is 0.129 e. The SMILES string of the molecule is COc1cccc(CCNc2cc(C3CC3)ncn2)c1. The number of benzene rings is 1. The van der Waals surface area contributed by atoms with Crippen LogP contribution < -0.4 is 10.1 Å². The molecule has 0 unspecified atom stereocenters. The van der Waals surface area contributed by atoms with E-state index in [-0.39, 0.29) is 0 Å². The fourth-order valence-electron chi connectivity index (χ4n) is 2.23. The minimum Gasteiger partial charge on any atom is -0.497 e. The number of aromatic nitrogens is 2. The lowest BCUT2D eigenvalue weighted by atomic mass is 10.1. The van der Waals surface area contributed by atoms with Crippen molar-refractivity contribution in [3.63, 3.8) is 0 Å². The van der Waals surface area contributed by atoms with E-state index in [9.17, 15) is 0 Å². The third-order valence-electron chi connectivity index (χ3n) is 3.54. The molecule has 20 heavy (non-hydrogen) atoms. The van der Waals surface area contributed by atoms with Crippen LogP contribution in [0.4, 0.5) is 5.82 Å². The van der Waals surface area contributed by atoms with E-state index in [0.717, 1.165) is 24.5 Å². The van der Waals surface area contributed by atoms with Crippen molar-refractivity contribution in [2.24, 2.45) is 0 Å². The number of nitrogens with zero attached hydrogens (tertiary/aromatic N) is 2. The number of anilines is 1. The Bertz CT molecular complexity index is 581. The number of hydrogen-bond acceptors (Lipinski definition) is 4. The van der Waals surface area contributed by atoms with Crippen molar-refractivity contribution < 1.29 is 4.74 Å². The lowest BCUT2D eigenvalue weighted by molar-refractivity contribution is 0.414. The Balaban J connectivity index is 1.55. The second-order valence-corrected chi connectivity index (χ2v) is 5.13. The molecule has 2 aromatic rings. The Labute approximate surface area is 119 Å². The summed E-state index contributed by atoms with van der Waals surface area (Å²) in [6, 6.07) is 10.2. The van der Waals surface area contributed by atoms with E-state index in [1.165, 1.54) is 24.1 Å². The highest BCUT2D eigenvalue weighted by atomic mass is 16.5. The molecule has 1 aromatic carbocycles. The van der Waals surface area contributed by atoms with Gasteiger partial charge in [0.05, 0.1) is 7.11 Å². The molecule has 104 valence electrons. The standard InChI is InChI=1S/C16H19N3O/c1-20-14-4-2-3-12(9-14)7-8-17-16-10-15(13-5-6-13)18-11-19-16/h2-4,9-11,13H,5-8H2,1H3,(H,17,18,19). The normalized spacial score (nSPS) is 14.1. The Morgan fingerprint density at radius 1 is 1.25 bits per heavy atom. The third kappa shape index (κ3) is 3.26. The molecule has 1 fully saturated rings. The fraction of sp³-hybridized carbons (Fsp3) is 0.375. The summed E-state index contributed by atoms with van der Waals surface area (Å²) in [4.78, 5) is 8.59. The summed E-state index contributed by atoms with van der Waals surface area (Å²) in [6.45, 7) is 0.855. The quantitative estimate of drug-likeness (QED) is 0.875. The summed E-state index contributed by atoms with van der Waals surface area (Å²) in [5.41, 5.74) is 2.43. The van der Waals surface area contributed by atoms with Gasteiger partial charge < -0.3 is 10.1 Å². The maximum absolute atomic E-state index is 5.23. The summed E-state index contributed by atoms with van der Waals surface area (Å²) >= 11 is 0. The highest BCUT2D eigenvalue weighted by Crippen LogP contribution is 2.39. The van der Waals surface area contributed by atoms with Crippen LogP contribution >= 0.6 is 0 Å². The fourth-order valence-corrected chi connectivity index (χ4v) is 2.23. The van der Waals surface area contributed by atoms with Crippen LogP contribution in [0.5, 0.6) is 5.75 Å². The van der Waals surface area contributed by atoms with Gasteiger partial charge in [0.25, 0.3) is 0 Å². The predicted octanol–water partition coefficient (Wildman–Crippen LogP) is 3.02. The van der Waals surface area contributed by atoms with Crippen LogP contribution in [0, 0.1) is 0 Å². The maximum atomic E-state index is 5.23. The van der Waals surface area contributed by atoms with Gasteiger partial charge in [-0.1, -0.05) is 12.1 Å². The first kappa shape index (κ1) is 12.9. The summed E-state index contributed by atoms with van der Waals surface area (Å²) in [5.74, 6) is 2.49. The molecule has 1 aliphatic carbocycles. The van der Waals surface area contributed by atoms with Crippen LogP contribution in [-0.2, 0) is 6.42 Å². The number of rotatable bonds is 6. The number of ether oxygens (including phenoxy) is 1. The molecule has 4 heteroatoms. The van der Waals surface area contributed by atoms with Crippen molar-refractivity contribution in [1.82, 2.24) is 9.97 Å². The first-order valence-corrected chi connectivity index (χ1v) is 7.04. The third-order valence-corrected chi connectivity index (χ3v) is 3.54. The molecule has 0 atom stereocenters. The van der Waals surface area contributed by atoms with Crippen molar-refractivity contribution in [3.8, 4) is 5.75 Å². The zero-order valence-corrected chi connectivity index (χ0v) is 11.7. The van der Waals surface area contributed by atoms with Crippen LogP contribution in [0.1, 0.15) is 30.0 Å². The summed E-state index contributed by atoms with van der Waals surface area (Å²) in [6.07, 6.45) is 5.13. The van der Waals surface area contributed by atoms with Crippen molar-refractivity contribution in [1.29, 1.82) is 0 Å². The Morgan fingerprint density at radius 3 is 2.95 bits per heavy atom. The first-order valence-electron chi connectivity index (χ1n) is 7.04. The Morgan fingerprint density at radius 2 is 2.15 bits per heavy atom. The molecule has 0 spiro atoms. The minimum absolute atomic E-state index is 0.664. The van der Waals surface area contributed by atoms with Gasteiger partial charge in [-0.15, -0.1) is 0 Å². The lowest BCUT2D eigenvalue weighted by Gasteiger charge is -2.07. The van der Waals surface area contributed by atoms with Gasteiger partial charge in [-0.25, -0.2) is 9.97 Å². The molecular formula is C16H19N3O. The minimum atomic E-state index is 0.664. The molecule has 1 aliphatic rings. The van der Waals surface area contributed by atoms with Gasteiger partial charge in [0, 0.05) is 24.2 Å². The molecule has 0 saturated heterocycles. The first-order chi connectivity index (χ1) is 9.85. The van der Waals surface area contributed by atoms with E-state index in [0.29, 0.717) is 5.92 Å². The zero-order valence-electron chi connectivity index (χ0n) is 11.7. The summed E-state index contributed by atoms with van der Waals surface area (Å²) < 4.78 is 5.23. The Hall–Kier alpha value is -2.10. The van der Waals surface area contributed by atoms with E-state index in [1.807, 2.05) is 12.1 Å². The van der Waals surface area contributed by atoms with E-state index in [2.05, 4.69) is 33.5 Å². The van der Waals surface area contributed by atoms with Gasteiger partial charge in [0.1, 0.15) is 17.9 Å². The molecule has 1 saturated carbocycles.